The van der Waals surface area contributed by atoms with E-state index in [2.05, 4.69) is 46.4 Å². The molecule has 0 saturated heterocycles. The van der Waals surface area contributed by atoms with Crippen LogP contribution >= 0.6 is 0 Å². The molecule has 4 nitrogen and oxygen atoms in total. The first-order valence-electron chi connectivity index (χ1n) is 10.7. The van der Waals surface area contributed by atoms with E-state index >= 15 is 0 Å². The Kier molecular flexibility index (Phi) is 5.55. The molecule has 0 unspecified atom stereocenters. The van der Waals surface area contributed by atoms with Gasteiger partial charge in [0, 0.05) is 36.0 Å². The molecule has 0 saturated carbocycles. The maximum atomic E-state index is 12.2. The van der Waals surface area contributed by atoms with Gasteiger partial charge in [-0.2, -0.15) is 0 Å². The Morgan fingerprint density at radius 2 is 1.59 bits per heavy atom. The van der Waals surface area contributed by atoms with Gasteiger partial charge in [0.1, 0.15) is 6.61 Å². The molecule has 1 amide bonds. The van der Waals surface area contributed by atoms with E-state index in [-0.39, 0.29) is 5.92 Å². The molecule has 0 aliphatic heterocycles. The Morgan fingerprint density at radius 3 is 2.38 bits per heavy atom. The van der Waals surface area contributed by atoms with Crippen LogP contribution in [0.3, 0.4) is 0 Å². The van der Waals surface area contributed by atoms with Crippen molar-refractivity contribution in [2.75, 3.05) is 13.2 Å². The Labute approximate surface area is 187 Å². The highest BCUT2D eigenvalue weighted by Crippen LogP contribution is 2.44. The van der Waals surface area contributed by atoms with Crippen molar-refractivity contribution in [3.63, 3.8) is 0 Å². The predicted molar refractivity (Wildman–Crippen MR) is 126 cm³/mol. The second-order valence-electron chi connectivity index (χ2n) is 7.68. The standard InChI is InChI=1S/C28H22N2O2/c31-28(30-17-8-7-9-20-16-18-29-27-15-6-5-10-21(20)27)32-19-26-24-13-3-1-11-22(24)23-12-2-4-14-25(23)26/h1-6,10-16,18,26H,8,17,19H2,(H,30,31). The van der Waals surface area contributed by atoms with Gasteiger partial charge in [0.15, 0.2) is 0 Å². The monoisotopic (exact) mass is 418 g/mol. The minimum absolute atomic E-state index is 0.0629. The fourth-order valence-electron chi connectivity index (χ4n) is 4.24. The number of carbonyl (C=O) groups is 1. The molecule has 0 atom stereocenters. The quantitative estimate of drug-likeness (QED) is 0.351. The number of hydrogen-bond acceptors (Lipinski definition) is 3. The van der Waals surface area contributed by atoms with E-state index < -0.39 is 6.09 Å². The maximum absolute atomic E-state index is 12.2. The lowest BCUT2D eigenvalue weighted by molar-refractivity contribution is 0.143. The van der Waals surface area contributed by atoms with Crippen LogP contribution in [-0.4, -0.2) is 24.2 Å². The Morgan fingerprint density at radius 1 is 0.906 bits per heavy atom. The predicted octanol–water partition coefficient (Wildman–Crippen LogP) is 5.52. The zero-order valence-electron chi connectivity index (χ0n) is 17.5. The average molecular weight is 418 g/mol. The number of alkyl carbamates (subject to hydrolysis) is 1. The summed E-state index contributed by atoms with van der Waals surface area (Å²) in [6.07, 6.45) is 1.89. The van der Waals surface area contributed by atoms with Gasteiger partial charge in [-0.25, -0.2) is 4.79 Å². The summed E-state index contributed by atoms with van der Waals surface area (Å²) < 4.78 is 5.56. The molecule has 1 N–H and O–H groups in total. The van der Waals surface area contributed by atoms with Gasteiger partial charge in [-0.1, -0.05) is 78.6 Å². The molecule has 4 heteroatoms. The molecule has 0 spiro atoms. The summed E-state index contributed by atoms with van der Waals surface area (Å²) in [7, 11) is 0. The molecule has 1 heterocycles. The van der Waals surface area contributed by atoms with Crippen molar-refractivity contribution < 1.29 is 9.53 Å². The van der Waals surface area contributed by atoms with Gasteiger partial charge >= 0.3 is 6.09 Å². The number of benzene rings is 3. The minimum Gasteiger partial charge on any atom is -0.449 e. The highest BCUT2D eigenvalue weighted by molar-refractivity contribution is 5.84. The van der Waals surface area contributed by atoms with E-state index in [0.29, 0.717) is 19.6 Å². The van der Waals surface area contributed by atoms with Crippen molar-refractivity contribution in [2.24, 2.45) is 0 Å². The third-order valence-corrected chi connectivity index (χ3v) is 5.74. The summed E-state index contributed by atoms with van der Waals surface area (Å²) >= 11 is 0. The zero-order valence-corrected chi connectivity index (χ0v) is 17.5. The summed E-state index contributed by atoms with van der Waals surface area (Å²) in [5.74, 6) is 6.37. The van der Waals surface area contributed by atoms with Crippen molar-refractivity contribution in [2.45, 2.75) is 12.3 Å². The first-order valence-corrected chi connectivity index (χ1v) is 10.7. The summed E-state index contributed by atoms with van der Waals surface area (Å²) in [4.78, 5) is 16.6. The molecular formula is C28H22N2O2. The number of fused-ring (bicyclic) bond motifs is 4. The van der Waals surface area contributed by atoms with Gasteiger partial charge in [-0.05, 0) is 34.4 Å². The summed E-state index contributed by atoms with van der Waals surface area (Å²) in [5, 5.41) is 3.84. The van der Waals surface area contributed by atoms with E-state index in [9.17, 15) is 4.79 Å². The van der Waals surface area contributed by atoms with Crippen molar-refractivity contribution in [1.82, 2.24) is 10.3 Å². The number of amides is 1. The molecule has 4 aromatic rings. The summed E-state index contributed by atoms with van der Waals surface area (Å²) in [6.45, 7) is 0.751. The molecule has 1 aliphatic rings. The van der Waals surface area contributed by atoms with Crippen molar-refractivity contribution in [3.8, 4) is 23.0 Å². The van der Waals surface area contributed by atoms with Gasteiger partial charge < -0.3 is 10.1 Å². The highest BCUT2D eigenvalue weighted by Gasteiger charge is 2.28. The second kappa shape index (κ2) is 8.95. The summed E-state index contributed by atoms with van der Waals surface area (Å²) in [6, 6.07) is 26.5. The van der Waals surface area contributed by atoms with Crippen LogP contribution in [0.15, 0.2) is 85.1 Å². The number of ether oxygens (including phenoxy) is 1. The Bertz CT molecular complexity index is 1300. The van der Waals surface area contributed by atoms with Crippen LogP contribution in [0, 0.1) is 11.8 Å². The number of hydrogen-bond donors (Lipinski definition) is 1. The smallest absolute Gasteiger partial charge is 0.407 e. The fourth-order valence-corrected chi connectivity index (χ4v) is 4.24. The number of pyridine rings is 1. The van der Waals surface area contributed by atoms with Gasteiger partial charge in [0.2, 0.25) is 0 Å². The lowest BCUT2D eigenvalue weighted by Crippen LogP contribution is -2.26. The number of aromatic nitrogens is 1. The number of nitrogens with zero attached hydrogens (tertiary/aromatic N) is 1. The minimum atomic E-state index is -0.414. The molecule has 1 aromatic heterocycles. The molecule has 5 rings (SSSR count). The Balaban J connectivity index is 1.16. The first kappa shape index (κ1) is 19.8. The van der Waals surface area contributed by atoms with Crippen molar-refractivity contribution in [1.29, 1.82) is 0 Å². The first-order chi connectivity index (χ1) is 15.8. The average Bonchev–Trinajstić information content (AvgIpc) is 3.16. The van der Waals surface area contributed by atoms with Crippen molar-refractivity contribution in [3.05, 3.63) is 102 Å². The fraction of sp³-hybridized carbons (Fsp3) is 0.143. The van der Waals surface area contributed by atoms with E-state index in [1.54, 1.807) is 6.20 Å². The third-order valence-electron chi connectivity index (χ3n) is 5.74. The molecule has 1 aliphatic carbocycles. The van der Waals surface area contributed by atoms with E-state index in [0.717, 1.165) is 16.5 Å². The topological polar surface area (TPSA) is 51.2 Å². The highest BCUT2D eigenvalue weighted by atomic mass is 16.5. The van der Waals surface area contributed by atoms with Gasteiger partial charge in [-0.3, -0.25) is 4.98 Å². The van der Waals surface area contributed by atoms with Crippen LogP contribution in [0.25, 0.3) is 22.0 Å². The van der Waals surface area contributed by atoms with Gasteiger partial charge in [-0.15, -0.1) is 0 Å². The van der Waals surface area contributed by atoms with E-state index in [1.807, 2.05) is 54.6 Å². The molecule has 3 aromatic carbocycles. The molecule has 32 heavy (non-hydrogen) atoms. The van der Waals surface area contributed by atoms with Crippen LogP contribution in [-0.2, 0) is 4.74 Å². The third kappa shape index (κ3) is 3.93. The van der Waals surface area contributed by atoms with Crippen LogP contribution < -0.4 is 5.32 Å². The number of para-hydroxylation sites is 1. The van der Waals surface area contributed by atoms with Crippen LogP contribution in [0.5, 0.6) is 0 Å². The number of nitrogens with one attached hydrogen (secondary N) is 1. The Hall–Kier alpha value is -4.10. The molecule has 156 valence electrons. The molecule has 0 radical (unpaired) electrons. The van der Waals surface area contributed by atoms with Gasteiger partial charge in [0.05, 0.1) is 5.52 Å². The van der Waals surface area contributed by atoms with E-state index in [1.165, 1.54) is 22.3 Å². The van der Waals surface area contributed by atoms with Gasteiger partial charge in [0.25, 0.3) is 0 Å². The molecule has 0 bridgehead atoms. The zero-order chi connectivity index (χ0) is 21.8. The SMILES string of the molecule is O=C(NCCC#Cc1ccnc2ccccc12)OCC1c2ccccc2-c2ccccc21. The lowest BCUT2D eigenvalue weighted by Gasteiger charge is -2.14. The summed E-state index contributed by atoms with van der Waals surface area (Å²) in [5.41, 5.74) is 6.72. The lowest BCUT2D eigenvalue weighted by atomic mass is 9.98. The molecular weight excluding hydrogens is 396 g/mol. The second-order valence-corrected chi connectivity index (χ2v) is 7.68. The normalized spacial score (nSPS) is 11.9. The van der Waals surface area contributed by atoms with Crippen molar-refractivity contribution >= 4 is 17.0 Å². The number of carbonyl (C=O) groups excluding carboxylic acids is 1. The maximum Gasteiger partial charge on any atom is 0.407 e. The van der Waals surface area contributed by atoms with Crippen LogP contribution in [0.4, 0.5) is 4.79 Å². The van der Waals surface area contributed by atoms with Crippen LogP contribution in [0.2, 0.25) is 0 Å². The van der Waals surface area contributed by atoms with E-state index in [4.69, 9.17) is 4.74 Å². The van der Waals surface area contributed by atoms with Crippen LogP contribution in [0.1, 0.15) is 29.0 Å². The molecule has 0 fully saturated rings. The number of rotatable bonds is 4. The largest absolute Gasteiger partial charge is 0.449 e.